The summed E-state index contributed by atoms with van der Waals surface area (Å²) >= 11 is 0. The first-order valence-corrected chi connectivity index (χ1v) is 11.3. The van der Waals surface area contributed by atoms with Gasteiger partial charge in [-0.3, -0.25) is 0 Å². The van der Waals surface area contributed by atoms with Crippen molar-refractivity contribution in [3.05, 3.63) is 95.1 Å². The zero-order valence-corrected chi connectivity index (χ0v) is 18.8. The molecule has 0 aliphatic carbocycles. The fourth-order valence-electron chi connectivity index (χ4n) is 3.41. The van der Waals surface area contributed by atoms with Gasteiger partial charge in [-0.25, -0.2) is 9.59 Å². The largest absolute Gasteiger partial charge is 0.423 e. The number of carbonyl (C=O) groups is 2. The van der Waals surface area contributed by atoms with E-state index in [0.717, 1.165) is 49.7 Å². The van der Waals surface area contributed by atoms with Crippen LogP contribution in [0.4, 0.5) is 0 Å². The number of carbonyl (C=O) groups excluding carboxylic acids is 2. The summed E-state index contributed by atoms with van der Waals surface area (Å²) in [7, 11) is 0. The van der Waals surface area contributed by atoms with Crippen LogP contribution in [0.25, 0.3) is 0 Å². The predicted octanol–water partition coefficient (Wildman–Crippen LogP) is 6.81. The van der Waals surface area contributed by atoms with Gasteiger partial charge in [0.15, 0.2) is 0 Å². The fraction of sp³-hybridized carbons (Fsp3) is 0.286. The van der Waals surface area contributed by atoms with E-state index in [4.69, 9.17) is 9.47 Å². The van der Waals surface area contributed by atoms with Gasteiger partial charge in [-0.05, 0) is 73.2 Å². The Labute approximate surface area is 190 Å². The number of esters is 2. The Morgan fingerprint density at radius 3 is 1.34 bits per heavy atom. The number of aryl methyl sites for hydroxylation is 2. The van der Waals surface area contributed by atoms with Gasteiger partial charge in [-0.2, -0.15) is 0 Å². The van der Waals surface area contributed by atoms with Crippen molar-refractivity contribution in [3.8, 4) is 11.5 Å². The lowest BCUT2D eigenvalue weighted by Gasteiger charge is -2.11. The van der Waals surface area contributed by atoms with Gasteiger partial charge in [0.1, 0.15) is 11.5 Å². The monoisotopic (exact) mass is 430 g/mol. The van der Waals surface area contributed by atoms with Crippen molar-refractivity contribution in [3.63, 3.8) is 0 Å². The molecule has 0 fully saturated rings. The molecule has 0 aromatic heterocycles. The predicted molar refractivity (Wildman–Crippen MR) is 126 cm³/mol. The molecule has 166 valence electrons. The Balaban J connectivity index is 1.66. The van der Waals surface area contributed by atoms with Crippen molar-refractivity contribution >= 4 is 11.9 Å². The third-order valence-corrected chi connectivity index (χ3v) is 5.31. The molecule has 3 aromatic rings. The van der Waals surface area contributed by atoms with Crippen LogP contribution in [0.5, 0.6) is 11.5 Å². The molecular formula is C28H30O4. The van der Waals surface area contributed by atoms with E-state index >= 15 is 0 Å². The Morgan fingerprint density at radius 2 is 0.969 bits per heavy atom. The lowest BCUT2D eigenvalue weighted by molar-refractivity contribution is 0.0719. The number of para-hydroxylation sites is 2. The lowest BCUT2D eigenvalue weighted by atomic mass is 10.1. The van der Waals surface area contributed by atoms with Gasteiger partial charge in [0.2, 0.25) is 0 Å². The molecule has 0 radical (unpaired) electrons. The molecule has 0 aliphatic heterocycles. The van der Waals surface area contributed by atoms with Crippen LogP contribution in [0, 0.1) is 0 Å². The topological polar surface area (TPSA) is 52.6 Å². The lowest BCUT2D eigenvalue weighted by Crippen LogP contribution is -2.12. The normalized spacial score (nSPS) is 10.6. The van der Waals surface area contributed by atoms with Crippen molar-refractivity contribution in [2.45, 2.75) is 52.4 Å². The summed E-state index contributed by atoms with van der Waals surface area (Å²) in [6.45, 7) is 4.26. The molecule has 0 spiro atoms. The van der Waals surface area contributed by atoms with Crippen LogP contribution >= 0.6 is 0 Å². The summed E-state index contributed by atoms with van der Waals surface area (Å²) < 4.78 is 11.2. The van der Waals surface area contributed by atoms with Crippen molar-refractivity contribution in [2.24, 2.45) is 0 Å². The SMILES string of the molecule is CCCCc1ccccc1OC(=O)c1ccc(C(=O)Oc2ccccc2CCCC)cc1. The number of benzene rings is 3. The molecule has 0 unspecified atom stereocenters. The van der Waals surface area contributed by atoms with Crippen LogP contribution in [0.1, 0.15) is 71.4 Å². The molecule has 0 heterocycles. The first kappa shape index (κ1) is 23.3. The summed E-state index contributed by atoms with van der Waals surface area (Å²) in [5.41, 5.74) is 2.81. The highest BCUT2D eigenvalue weighted by Gasteiger charge is 2.15. The van der Waals surface area contributed by atoms with E-state index in [2.05, 4.69) is 13.8 Å². The summed E-state index contributed by atoms with van der Waals surface area (Å²) in [5, 5.41) is 0. The highest BCUT2D eigenvalue weighted by molar-refractivity contribution is 5.95. The number of hydrogen-bond acceptors (Lipinski definition) is 4. The van der Waals surface area contributed by atoms with Crippen molar-refractivity contribution in [2.75, 3.05) is 0 Å². The molecule has 4 heteroatoms. The maximum Gasteiger partial charge on any atom is 0.343 e. The molecular weight excluding hydrogens is 400 g/mol. The molecule has 3 rings (SSSR count). The van der Waals surface area contributed by atoms with E-state index in [1.807, 2.05) is 48.5 Å². The molecule has 0 saturated heterocycles. The molecule has 0 bridgehead atoms. The highest BCUT2D eigenvalue weighted by atomic mass is 16.5. The van der Waals surface area contributed by atoms with Gasteiger partial charge in [0.25, 0.3) is 0 Å². The average molecular weight is 431 g/mol. The molecule has 0 atom stereocenters. The Kier molecular flexibility index (Phi) is 8.61. The van der Waals surface area contributed by atoms with Crippen molar-refractivity contribution in [1.29, 1.82) is 0 Å². The number of rotatable bonds is 10. The minimum atomic E-state index is -0.446. The maximum atomic E-state index is 12.6. The molecule has 0 saturated carbocycles. The minimum Gasteiger partial charge on any atom is -0.423 e. The van der Waals surface area contributed by atoms with Crippen LogP contribution in [-0.2, 0) is 12.8 Å². The number of unbranched alkanes of at least 4 members (excludes halogenated alkanes) is 2. The molecule has 32 heavy (non-hydrogen) atoms. The minimum absolute atomic E-state index is 0.384. The number of ether oxygens (including phenoxy) is 2. The second kappa shape index (κ2) is 11.8. The van der Waals surface area contributed by atoms with E-state index in [-0.39, 0.29) is 0 Å². The molecule has 0 amide bonds. The summed E-state index contributed by atoms with van der Waals surface area (Å²) in [6.07, 6.45) is 5.95. The Bertz CT molecular complexity index is 953. The Hall–Kier alpha value is -3.40. The van der Waals surface area contributed by atoms with Gasteiger partial charge in [-0.15, -0.1) is 0 Å². The third kappa shape index (κ3) is 6.30. The zero-order chi connectivity index (χ0) is 22.8. The second-order valence-electron chi connectivity index (χ2n) is 7.78. The highest BCUT2D eigenvalue weighted by Crippen LogP contribution is 2.23. The zero-order valence-electron chi connectivity index (χ0n) is 18.8. The summed E-state index contributed by atoms with van der Waals surface area (Å²) in [4.78, 5) is 25.2. The van der Waals surface area contributed by atoms with Crippen molar-refractivity contribution < 1.29 is 19.1 Å². The maximum absolute atomic E-state index is 12.6. The fourth-order valence-corrected chi connectivity index (χ4v) is 3.41. The van der Waals surface area contributed by atoms with E-state index in [9.17, 15) is 9.59 Å². The summed E-state index contributed by atoms with van der Waals surface area (Å²) in [5.74, 6) is 0.272. The van der Waals surface area contributed by atoms with Crippen LogP contribution in [-0.4, -0.2) is 11.9 Å². The first-order chi connectivity index (χ1) is 15.6. The van der Waals surface area contributed by atoms with Gasteiger partial charge in [0.05, 0.1) is 11.1 Å². The smallest absolute Gasteiger partial charge is 0.343 e. The van der Waals surface area contributed by atoms with Crippen molar-refractivity contribution in [1.82, 2.24) is 0 Å². The van der Waals surface area contributed by atoms with Gasteiger partial charge < -0.3 is 9.47 Å². The van der Waals surface area contributed by atoms with Gasteiger partial charge >= 0.3 is 11.9 Å². The Morgan fingerprint density at radius 1 is 0.594 bits per heavy atom. The molecule has 4 nitrogen and oxygen atoms in total. The number of hydrogen-bond donors (Lipinski definition) is 0. The van der Waals surface area contributed by atoms with Gasteiger partial charge in [0, 0.05) is 0 Å². The van der Waals surface area contributed by atoms with Crippen LogP contribution in [0.15, 0.2) is 72.8 Å². The summed E-state index contributed by atoms with van der Waals surface area (Å²) in [6, 6.07) is 21.6. The first-order valence-electron chi connectivity index (χ1n) is 11.3. The molecule has 0 aliphatic rings. The standard InChI is InChI=1S/C28H30O4/c1-3-5-11-21-13-7-9-15-25(21)31-27(29)23-17-19-24(20-18-23)28(30)32-26-16-10-8-14-22(26)12-6-4-2/h7-10,13-20H,3-6,11-12H2,1-2H3. The quantitative estimate of drug-likeness (QED) is 0.262. The van der Waals surface area contributed by atoms with Crippen LogP contribution in [0.2, 0.25) is 0 Å². The van der Waals surface area contributed by atoms with E-state index in [0.29, 0.717) is 22.6 Å². The van der Waals surface area contributed by atoms with E-state index < -0.39 is 11.9 Å². The van der Waals surface area contributed by atoms with Gasteiger partial charge in [-0.1, -0.05) is 63.1 Å². The second-order valence-corrected chi connectivity index (χ2v) is 7.78. The van der Waals surface area contributed by atoms with Crippen LogP contribution < -0.4 is 9.47 Å². The average Bonchev–Trinajstić information content (AvgIpc) is 2.83. The van der Waals surface area contributed by atoms with E-state index in [1.165, 1.54) is 0 Å². The van der Waals surface area contributed by atoms with Crippen LogP contribution in [0.3, 0.4) is 0 Å². The molecule has 0 N–H and O–H groups in total. The third-order valence-electron chi connectivity index (χ3n) is 5.31. The van der Waals surface area contributed by atoms with E-state index in [1.54, 1.807) is 24.3 Å². The molecule has 3 aromatic carbocycles.